The highest BCUT2D eigenvalue weighted by Gasteiger charge is 2.23. The summed E-state index contributed by atoms with van der Waals surface area (Å²) in [6.07, 6.45) is 16.1. The third-order valence-electron chi connectivity index (χ3n) is 21.2. The van der Waals surface area contributed by atoms with Crippen molar-refractivity contribution in [1.29, 1.82) is 0 Å². The molecule has 0 aliphatic carbocycles. The number of pyridine rings is 4. The Morgan fingerprint density at radius 3 is 0.974 bits per heavy atom. The SMILES string of the molecule is Cc1cn2nc(-c3cc(=O)n4cc(N5CCCNCC5)ccc4n3)cc(C)c2n1.Cc1cn2nc(-c3cc(=O)n4cc(N5CCN[C@@H](C)C5)ccc4n3)cc(C)c2n1.Cc1cn2nc(-c3cc(=O)n4cc(N5CCN[C@@H](C)C5)ccc4n3)ccc2n1.Cc1cn2nc(-c3cc(=O)n4cc(N5CCN[C@H](C)C5)ccc4n3)cc(C)c2n1. The largest absolute Gasteiger partial charge is 0.369 e. The van der Waals surface area contributed by atoms with Crippen LogP contribution in [0, 0.1) is 48.5 Å². The van der Waals surface area contributed by atoms with E-state index in [1.54, 1.807) is 53.9 Å². The Morgan fingerprint density at radius 2 is 0.609 bits per heavy atom. The summed E-state index contributed by atoms with van der Waals surface area (Å²) in [5.74, 6) is 0. The van der Waals surface area contributed by atoms with E-state index in [4.69, 9.17) is 15.0 Å². The van der Waals surface area contributed by atoms with E-state index in [-0.39, 0.29) is 22.2 Å². The van der Waals surface area contributed by atoms with Crippen molar-refractivity contribution in [2.24, 2.45) is 0 Å². The van der Waals surface area contributed by atoms with Gasteiger partial charge in [0, 0.05) is 146 Å². The number of imidazole rings is 4. The summed E-state index contributed by atoms with van der Waals surface area (Å²) in [6, 6.07) is 32.7. The molecule has 0 radical (unpaired) electrons. The van der Waals surface area contributed by atoms with Crippen LogP contribution >= 0.6 is 0 Å². The van der Waals surface area contributed by atoms with Crippen molar-refractivity contribution < 1.29 is 0 Å². The number of nitrogens with zero attached hydrogens (tertiary/aromatic N) is 24. The average molecular weight is 1540 g/mol. The van der Waals surface area contributed by atoms with Crippen molar-refractivity contribution in [3.05, 3.63) is 234 Å². The summed E-state index contributed by atoms with van der Waals surface area (Å²) >= 11 is 0. The van der Waals surface area contributed by atoms with Gasteiger partial charge in [0.1, 0.15) is 45.4 Å². The van der Waals surface area contributed by atoms with Gasteiger partial charge in [-0.15, -0.1) is 0 Å². The van der Waals surface area contributed by atoms with Gasteiger partial charge >= 0.3 is 0 Å². The summed E-state index contributed by atoms with van der Waals surface area (Å²) in [5.41, 5.74) is 20.8. The Morgan fingerprint density at radius 1 is 0.296 bits per heavy atom. The molecule has 0 spiro atoms. The number of aryl methyl sites for hydroxylation is 7. The van der Waals surface area contributed by atoms with Gasteiger partial charge in [-0.3, -0.25) is 36.8 Å². The number of anilines is 4. The summed E-state index contributed by atoms with van der Waals surface area (Å²) < 4.78 is 13.4. The first kappa shape index (κ1) is 74.7. The van der Waals surface area contributed by atoms with Gasteiger partial charge in [0.2, 0.25) is 0 Å². The number of aromatic nitrogens is 20. The molecule has 4 fully saturated rings. The van der Waals surface area contributed by atoms with Gasteiger partial charge in [-0.1, -0.05) is 0 Å². The first-order valence-corrected chi connectivity index (χ1v) is 39.0. The fourth-order valence-corrected chi connectivity index (χ4v) is 15.5. The van der Waals surface area contributed by atoms with E-state index in [0.29, 0.717) is 86.3 Å². The van der Waals surface area contributed by atoms with Gasteiger partial charge in [-0.05, 0) is 178 Å². The minimum Gasteiger partial charge on any atom is -0.369 e. The summed E-state index contributed by atoms with van der Waals surface area (Å²) in [6.45, 7) is 32.4. The van der Waals surface area contributed by atoms with E-state index < -0.39 is 0 Å². The molecule has 0 amide bonds. The molecule has 0 saturated carbocycles. The van der Waals surface area contributed by atoms with Crippen molar-refractivity contribution in [3.8, 4) is 45.6 Å². The lowest BCUT2D eigenvalue weighted by Gasteiger charge is -2.33. The predicted octanol–water partition coefficient (Wildman–Crippen LogP) is 6.97. The smallest absolute Gasteiger partial charge is 0.258 e. The van der Waals surface area contributed by atoms with Crippen LogP contribution < -0.4 is 63.1 Å². The van der Waals surface area contributed by atoms with E-state index in [9.17, 15) is 19.2 Å². The van der Waals surface area contributed by atoms with Crippen molar-refractivity contribution in [3.63, 3.8) is 0 Å². The first-order chi connectivity index (χ1) is 55.6. The summed E-state index contributed by atoms with van der Waals surface area (Å²) in [5, 5.41) is 32.1. The molecular formula is C83H90N28O4. The van der Waals surface area contributed by atoms with Gasteiger partial charge in [0.25, 0.3) is 22.2 Å². The molecule has 586 valence electrons. The van der Waals surface area contributed by atoms with Gasteiger partial charge < -0.3 is 40.9 Å². The topological polar surface area (TPSA) is 319 Å². The minimum atomic E-state index is -0.117. The lowest BCUT2D eigenvalue weighted by atomic mass is 10.2. The molecule has 3 atom stereocenters. The monoisotopic (exact) mass is 1540 g/mol. The second-order valence-electron chi connectivity index (χ2n) is 30.4. The van der Waals surface area contributed by atoms with E-state index in [0.717, 1.165) is 176 Å². The highest BCUT2D eigenvalue weighted by molar-refractivity contribution is 5.67. The van der Waals surface area contributed by atoms with Crippen LogP contribution in [0.1, 0.15) is 66.7 Å². The zero-order valence-electron chi connectivity index (χ0n) is 65.9. The van der Waals surface area contributed by atoms with Crippen LogP contribution in [0.5, 0.6) is 0 Å². The van der Waals surface area contributed by atoms with Crippen LogP contribution in [0.2, 0.25) is 0 Å². The standard InChI is InChI=1S/3C21H23N7O.C20H21N7O/c2*1-13-8-18(25-28-11-15(3)23-21(13)28)17-9-20(29)27-12-16(4-5-19(27)24-17)26-7-6-22-14(2)10-26;1-14-10-18(25-28-12-15(2)23-21(14)28)17-11-20(29)27-13-16(4-5-19(27)24-17)26-8-3-6-22-7-9-26;1-13-10-25(8-7-21-13)15-3-5-18-23-17(9-20(28)26(18)12-15)16-4-6-19-22-14(2)11-27(19)24-16/h2*4-5,8-9,11-12,14,22H,6-7,10H2,1-3H3;4-5,10-13,22H,3,6-9H2,1-2H3;3-6,9,11-13,21H,7-8,10H2,1-2H3/t2*14-;;13-/m10.0/s1. The number of rotatable bonds is 8. The van der Waals surface area contributed by atoms with Gasteiger partial charge in [-0.2, -0.15) is 20.4 Å². The fraction of sp³-hybridized carbons (Fsp3) is 0.325. The molecule has 20 heterocycles. The predicted molar refractivity (Wildman–Crippen MR) is 446 cm³/mol. The van der Waals surface area contributed by atoms with Gasteiger partial charge in [0.05, 0.1) is 93.1 Å². The highest BCUT2D eigenvalue weighted by Crippen LogP contribution is 2.27. The maximum Gasteiger partial charge on any atom is 0.258 e. The Hall–Kier alpha value is -13.0. The second kappa shape index (κ2) is 31.1. The van der Waals surface area contributed by atoms with Crippen LogP contribution in [0.15, 0.2) is 172 Å². The Labute approximate surface area is 659 Å². The zero-order valence-corrected chi connectivity index (χ0v) is 65.9. The number of fused-ring (bicyclic) bond motifs is 8. The molecule has 115 heavy (non-hydrogen) atoms. The van der Waals surface area contributed by atoms with Gasteiger partial charge in [-0.25, -0.2) is 57.9 Å². The molecule has 0 unspecified atom stereocenters. The van der Waals surface area contributed by atoms with E-state index in [1.165, 1.54) is 6.07 Å². The average Bonchev–Trinajstić information content (AvgIpc) is 0.885. The third-order valence-corrected chi connectivity index (χ3v) is 21.2. The van der Waals surface area contributed by atoms with Crippen LogP contribution in [0.3, 0.4) is 0 Å². The zero-order chi connectivity index (χ0) is 79.4. The van der Waals surface area contributed by atoms with Crippen molar-refractivity contribution in [1.82, 2.24) is 117 Å². The molecular weight excluding hydrogens is 1450 g/mol. The first-order valence-electron chi connectivity index (χ1n) is 39.0. The molecule has 0 bridgehead atoms. The number of nitrogens with one attached hydrogen (secondary N) is 4. The molecule has 16 aromatic rings. The molecule has 4 N–H and O–H groups in total. The highest BCUT2D eigenvalue weighted by atomic mass is 16.1. The van der Waals surface area contributed by atoms with E-state index >= 15 is 0 Å². The number of hydrogen-bond acceptors (Lipinski definition) is 24. The molecule has 20 rings (SSSR count). The molecule has 4 saturated heterocycles. The fourth-order valence-electron chi connectivity index (χ4n) is 15.5. The second-order valence-corrected chi connectivity index (χ2v) is 30.4. The normalized spacial score (nSPS) is 16.8. The summed E-state index contributed by atoms with van der Waals surface area (Å²) in [4.78, 5) is 97.2. The van der Waals surface area contributed by atoms with E-state index in [2.05, 4.69) is 107 Å². The lowest BCUT2D eigenvalue weighted by molar-refractivity contribution is 0.484. The van der Waals surface area contributed by atoms with Crippen LogP contribution in [0.25, 0.3) is 90.7 Å². The molecule has 4 aliphatic heterocycles. The molecule has 4 aliphatic rings. The van der Waals surface area contributed by atoms with Gasteiger partial charge in [0.15, 0.2) is 22.6 Å². The third kappa shape index (κ3) is 15.7. The molecule has 16 aromatic heterocycles. The minimum absolute atomic E-state index is 0.110. The maximum absolute atomic E-state index is 12.9. The van der Waals surface area contributed by atoms with Crippen molar-refractivity contribution >= 4 is 67.9 Å². The van der Waals surface area contributed by atoms with Crippen molar-refractivity contribution in [2.75, 3.05) is 105 Å². The van der Waals surface area contributed by atoms with Crippen molar-refractivity contribution in [2.45, 2.75) is 93.8 Å². The lowest BCUT2D eigenvalue weighted by Crippen LogP contribution is -2.49. The molecule has 0 aromatic carbocycles. The number of hydrogen-bond donors (Lipinski definition) is 4. The van der Waals surface area contributed by atoms with E-state index in [1.807, 2.05) is 177 Å². The number of piperazine rings is 3. The maximum atomic E-state index is 12.9. The van der Waals surface area contributed by atoms with Crippen LogP contribution in [0.4, 0.5) is 22.7 Å². The Kier molecular flexibility index (Phi) is 20.2. The Balaban J connectivity index is 0.000000111. The molecule has 32 heteroatoms. The Bertz CT molecular complexity index is 6230. The van der Waals surface area contributed by atoms with Crippen LogP contribution in [-0.2, 0) is 0 Å². The quantitative estimate of drug-likeness (QED) is 0.119. The summed E-state index contributed by atoms with van der Waals surface area (Å²) in [7, 11) is 0. The molecule has 32 nitrogen and oxygen atoms in total. The van der Waals surface area contributed by atoms with Crippen LogP contribution in [-0.4, -0.2) is 199 Å².